The Morgan fingerprint density at radius 1 is 1.32 bits per heavy atom. The van der Waals surface area contributed by atoms with E-state index in [1.165, 1.54) is 6.07 Å². The molecule has 4 nitrogen and oxygen atoms in total. The van der Waals surface area contributed by atoms with Crippen LogP contribution in [0, 0.1) is 5.82 Å². The molecule has 28 heavy (non-hydrogen) atoms. The third kappa shape index (κ3) is 4.18. The molecule has 0 radical (unpaired) electrons. The highest BCUT2D eigenvalue weighted by molar-refractivity contribution is 5.98. The largest absolute Gasteiger partial charge is 0.365 e. The fraction of sp³-hybridized carbons (Fsp3) is 0.478. The number of nitrogens with zero attached hydrogens (tertiary/aromatic N) is 2. The van der Waals surface area contributed by atoms with E-state index in [1.807, 2.05) is 31.7 Å². The summed E-state index contributed by atoms with van der Waals surface area (Å²) in [5.74, 6) is 0.427. The molecule has 0 atom stereocenters. The zero-order valence-electron chi connectivity index (χ0n) is 17.4. The Morgan fingerprint density at radius 3 is 2.61 bits per heavy atom. The molecule has 0 saturated heterocycles. The third-order valence-electron chi connectivity index (χ3n) is 5.70. The minimum Gasteiger partial charge on any atom is -0.365 e. The van der Waals surface area contributed by atoms with E-state index in [2.05, 4.69) is 24.0 Å². The van der Waals surface area contributed by atoms with Gasteiger partial charge in [0.25, 0.3) is 5.91 Å². The molecule has 150 valence electrons. The number of benzene rings is 1. The van der Waals surface area contributed by atoms with Crippen LogP contribution in [0.2, 0.25) is 0 Å². The predicted molar refractivity (Wildman–Crippen MR) is 112 cm³/mol. The van der Waals surface area contributed by atoms with Crippen LogP contribution in [0.4, 0.5) is 4.39 Å². The molecule has 1 aromatic rings. The van der Waals surface area contributed by atoms with Crippen molar-refractivity contribution in [1.29, 1.82) is 0 Å². The van der Waals surface area contributed by atoms with Crippen molar-refractivity contribution < 1.29 is 9.18 Å². The molecule has 1 fully saturated rings. The zero-order chi connectivity index (χ0) is 20.5. The first-order valence-corrected chi connectivity index (χ1v) is 10.0. The van der Waals surface area contributed by atoms with Crippen LogP contribution in [0.25, 0.3) is 0 Å². The van der Waals surface area contributed by atoms with Gasteiger partial charge in [0.05, 0.1) is 0 Å². The monoisotopic (exact) mass is 383 g/mol. The number of halogens is 1. The highest BCUT2D eigenvalue weighted by atomic mass is 19.1. The fourth-order valence-electron chi connectivity index (χ4n) is 3.77. The topological polar surface area (TPSA) is 44.7 Å². The maximum atomic E-state index is 13.7. The molecular weight excluding hydrogens is 353 g/mol. The third-order valence-corrected chi connectivity index (χ3v) is 5.70. The van der Waals surface area contributed by atoms with Crippen LogP contribution in [-0.4, -0.2) is 29.6 Å². The second-order valence-electron chi connectivity index (χ2n) is 8.29. The van der Waals surface area contributed by atoms with Crippen molar-refractivity contribution in [2.75, 3.05) is 6.54 Å². The fourth-order valence-corrected chi connectivity index (χ4v) is 3.77. The first-order chi connectivity index (χ1) is 13.3. The van der Waals surface area contributed by atoms with Crippen LogP contribution in [0.1, 0.15) is 58.1 Å². The van der Waals surface area contributed by atoms with E-state index in [0.717, 1.165) is 41.5 Å². The minimum absolute atomic E-state index is 0.0179. The van der Waals surface area contributed by atoms with Crippen LogP contribution in [0.15, 0.2) is 45.7 Å². The summed E-state index contributed by atoms with van der Waals surface area (Å²) in [6, 6.07) is 4.85. The van der Waals surface area contributed by atoms with Crippen molar-refractivity contribution in [1.82, 2.24) is 10.2 Å². The Labute approximate surface area is 167 Å². The van der Waals surface area contributed by atoms with Gasteiger partial charge in [-0.2, -0.15) is 0 Å². The van der Waals surface area contributed by atoms with Gasteiger partial charge in [0, 0.05) is 29.8 Å². The molecule has 0 spiro atoms. The molecule has 1 saturated carbocycles. The van der Waals surface area contributed by atoms with Gasteiger partial charge in [-0.3, -0.25) is 4.79 Å². The summed E-state index contributed by atoms with van der Waals surface area (Å²) in [7, 11) is 0. The summed E-state index contributed by atoms with van der Waals surface area (Å²) in [6.45, 7) is 12.9. The van der Waals surface area contributed by atoms with Gasteiger partial charge in [-0.1, -0.05) is 18.6 Å². The summed E-state index contributed by atoms with van der Waals surface area (Å²) in [4.78, 5) is 19.5. The molecule has 1 heterocycles. The molecule has 1 aliphatic heterocycles. The Kier molecular flexibility index (Phi) is 5.73. The summed E-state index contributed by atoms with van der Waals surface area (Å²) >= 11 is 0. The number of carbonyl (C=O) groups excluding carboxylic acids is 1. The minimum atomic E-state index is -0.260. The van der Waals surface area contributed by atoms with Gasteiger partial charge in [-0.25, -0.2) is 9.38 Å². The smallest absolute Gasteiger partial charge is 0.254 e. The lowest BCUT2D eigenvalue weighted by atomic mass is 9.94. The average Bonchev–Trinajstić information content (AvgIpc) is 3.40. The summed E-state index contributed by atoms with van der Waals surface area (Å²) in [6.07, 6.45) is 3.61. The lowest BCUT2D eigenvalue weighted by Gasteiger charge is -2.31. The van der Waals surface area contributed by atoms with E-state index < -0.39 is 0 Å². The van der Waals surface area contributed by atoms with Crippen molar-refractivity contribution in [3.05, 3.63) is 57.7 Å². The predicted octanol–water partition coefficient (Wildman–Crippen LogP) is 4.51. The van der Waals surface area contributed by atoms with E-state index in [4.69, 9.17) is 0 Å². The number of rotatable bonds is 6. The van der Waals surface area contributed by atoms with Gasteiger partial charge in [0.15, 0.2) is 0 Å². The van der Waals surface area contributed by atoms with Gasteiger partial charge in [0.2, 0.25) is 0 Å². The van der Waals surface area contributed by atoms with Gasteiger partial charge >= 0.3 is 0 Å². The van der Waals surface area contributed by atoms with Gasteiger partial charge in [-0.15, -0.1) is 0 Å². The van der Waals surface area contributed by atoms with Crippen LogP contribution < -0.4 is 5.32 Å². The van der Waals surface area contributed by atoms with Gasteiger partial charge < -0.3 is 10.2 Å². The first kappa shape index (κ1) is 20.3. The molecule has 1 aliphatic carbocycles. The summed E-state index contributed by atoms with van der Waals surface area (Å²) in [5.41, 5.74) is 4.61. The lowest BCUT2D eigenvalue weighted by Crippen LogP contribution is -2.38. The molecule has 1 N–H and O–H groups in total. The highest BCUT2D eigenvalue weighted by Crippen LogP contribution is 2.37. The Morgan fingerprint density at radius 2 is 2.04 bits per heavy atom. The van der Waals surface area contributed by atoms with Crippen molar-refractivity contribution in [3.8, 4) is 0 Å². The molecule has 5 heteroatoms. The normalized spacial score (nSPS) is 18.0. The van der Waals surface area contributed by atoms with E-state index in [-0.39, 0.29) is 17.3 Å². The van der Waals surface area contributed by atoms with E-state index in [0.29, 0.717) is 30.9 Å². The van der Waals surface area contributed by atoms with Crippen LogP contribution in [0.5, 0.6) is 0 Å². The second kappa shape index (κ2) is 7.90. The molecule has 2 aliphatic rings. The average molecular weight is 384 g/mol. The SMILES string of the molecule is C=N/C(NC1(C)CC1)=C(\CC)C(C(=O)N1CCc2ccc(F)cc2C1)=C(C)C. The summed E-state index contributed by atoms with van der Waals surface area (Å²) < 4.78 is 13.7. The number of nitrogens with one attached hydrogen (secondary N) is 1. The maximum Gasteiger partial charge on any atom is 0.254 e. The molecular formula is C23H30FN3O. The Hall–Kier alpha value is -2.43. The molecule has 1 aromatic carbocycles. The van der Waals surface area contributed by atoms with Gasteiger partial charge in [0.1, 0.15) is 11.6 Å². The number of carbonyl (C=O) groups is 1. The lowest BCUT2D eigenvalue weighted by molar-refractivity contribution is -0.127. The molecule has 0 unspecified atom stereocenters. The Balaban J connectivity index is 1.92. The van der Waals surface area contributed by atoms with Crippen LogP contribution >= 0.6 is 0 Å². The van der Waals surface area contributed by atoms with E-state index >= 15 is 0 Å². The number of allylic oxidation sites excluding steroid dienone is 1. The second-order valence-corrected chi connectivity index (χ2v) is 8.29. The number of hydrogen-bond acceptors (Lipinski definition) is 3. The van der Waals surface area contributed by atoms with Gasteiger partial charge in [-0.05, 0) is 76.4 Å². The summed E-state index contributed by atoms with van der Waals surface area (Å²) in [5, 5.41) is 3.48. The van der Waals surface area contributed by atoms with E-state index in [1.54, 1.807) is 6.07 Å². The molecule has 3 rings (SSSR count). The Bertz CT molecular complexity index is 861. The quantitative estimate of drug-likeness (QED) is 0.446. The molecule has 1 amide bonds. The van der Waals surface area contributed by atoms with Crippen molar-refractivity contribution >= 4 is 12.6 Å². The number of fused-ring (bicyclic) bond motifs is 1. The number of aliphatic imine (C=N–C) groups is 1. The van der Waals surface area contributed by atoms with Crippen molar-refractivity contribution in [3.63, 3.8) is 0 Å². The number of hydrogen-bond donors (Lipinski definition) is 1. The van der Waals surface area contributed by atoms with Crippen molar-refractivity contribution in [2.45, 2.75) is 65.5 Å². The van der Waals surface area contributed by atoms with E-state index in [9.17, 15) is 9.18 Å². The van der Waals surface area contributed by atoms with Crippen molar-refractivity contribution in [2.24, 2.45) is 4.99 Å². The molecule has 0 aromatic heterocycles. The zero-order valence-corrected chi connectivity index (χ0v) is 17.4. The first-order valence-electron chi connectivity index (χ1n) is 10.0. The highest BCUT2D eigenvalue weighted by Gasteiger charge is 2.38. The van der Waals surface area contributed by atoms with Crippen LogP contribution in [0.3, 0.4) is 0 Å². The standard InChI is InChI=1S/C23H30FN3O/c1-6-19(21(25-5)26-23(4)10-11-23)20(15(2)3)22(28)27-12-9-16-7-8-18(24)13-17(16)14-27/h7-8,13,26H,5-6,9-12,14H2,1-4H3/b21-19-. The van der Waals surface area contributed by atoms with Crippen LogP contribution in [-0.2, 0) is 17.8 Å². The molecule has 0 bridgehead atoms. The maximum absolute atomic E-state index is 13.7. The number of amides is 1.